The van der Waals surface area contributed by atoms with E-state index in [0.717, 1.165) is 25.7 Å². The average molecular weight is 266 g/mol. The van der Waals surface area contributed by atoms with Crippen LogP contribution in [0.25, 0.3) is 0 Å². The average Bonchev–Trinajstić information content (AvgIpc) is 2.24. The van der Waals surface area contributed by atoms with Crippen molar-refractivity contribution in [2.45, 2.75) is 38.5 Å². The second-order valence-electron chi connectivity index (χ2n) is 4.14. The van der Waals surface area contributed by atoms with Crippen LogP contribution in [0.3, 0.4) is 0 Å². The number of hydrogen-bond acceptors (Lipinski definition) is 4. The lowest BCUT2D eigenvalue weighted by Crippen LogP contribution is -2.15. The van der Waals surface area contributed by atoms with Gasteiger partial charge in [0.05, 0.1) is 5.75 Å². The zero-order chi connectivity index (χ0) is 12.0. The minimum Gasteiger partial charge on any atom is -0.287 e. The lowest BCUT2D eigenvalue weighted by atomic mass is 9.90. The molecule has 1 fully saturated rings. The van der Waals surface area contributed by atoms with E-state index in [1.807, 2.05) is 0 Å². The molecule has 0 aromatic rings. The van der Waals surface area contributed by atoms with Gasteiger partial charge in [-0.25, -0.2) is 0 Å². The molecule has 1 saturated carbocycles. The molecular formula is C10H18O4S2. The first-order valence-corrected chi connectivity index (χ1v) is 8.20. The largest absolute Gasteiger partial charge is 0.287 e. The molecule has 16 heavy (non-hydrogen) atoms. The molecule has 0 heterocycles. The van der Waals surface area contributed by atoms with Gasteiger partial charge in [-0.2, -0.15) is 8.42 Å². The smallest absolute Gasteiger partial charge is 0.264 e. The standard InChI is InChI=1S/C10H18O4S2/c11-10(9-5-2-1-3-6-9)15-7-4-8-16(12,13)14/h9H,1-8H2,(H,12,13,14). The summed E-state index contributed by atoms with van der Waals surface area (Å²) in [5.74, 6) is 0.400. The molecule has 94 valence electrons. The molecular weight excluding hydrogens is 248 g/mol. The number of rotatable bonds is 5. The van der Waals surface area contributed by atoms with Crippen LogP contribution in [-0.2, 0) is 14.9 Å². The first-order valence-electron chi connectivity index (χ1n) is 5.61. The number of carbonyl (C=O) groups is 1. The summed E-state index contributed by atoms with van der Waals surface area (Å²) in [6.45, 7) is 0. The summed E-state index contributed by atoms with van der Waals surface area (Å²) in [5, 5.41) is 0.190. The van der Waals surface area contributed by atoms with Crippen molar-refractivity contribution in [2.75, 3.05) is 11.5 Å². The number of hydrogen-bond donors (Lipinski definition) is 1. The zero-order valence-electron chi connectivity index (χ0n) is 9.22. The fraction of sp³-hybridized carbons (Fsp3) is 0.900. The van der Waals surface area contributed by atoms with Gasteiger partial charge in [-0.3, -0.25) is 9.35 Å². The van der Waals surface area contributed by atoms with Crippen LogP contribution < -0.4 is 0 Å². The molecule has 0 amide bonds. The minimum atomic E-state index is -3.87. The molecule has 1 aliphatic rings. The van der Waals surface area contributed by atoms with Crippen LogP contribution in [0.2, 0.25) is 0 Å². The van der Waals surface area contributed by atoms with E-state index in [1.54, 1.807) is 0 Å². The van der Waals surface area contributed by atoms with Gasteiger partial charge in [0.25, 0.3) is 10.1 Å². The van der Waals surface area contributed by atoms with Crippen LogP contribution in [0.15, 0.2) is 0 Å². The van der Waals surface area contributed by atoms with Gasteiger partial charge in [0.15, 0.2) is 5.12 Å². The lowest BCUT2D eigenvalue weighted by molar-refractivity contribution is -0.115. The van der Waals surface area contributed by atoms with Gasteiger partial charge in [-0.15, -0.1) is 0 Å². The normalized spacial score (nSPS) is 18.6. The van der Waals surface area contributed by atoms with Crippen molar-refractivity contribution in [3.8, 4) is 0 Å². The van der Waals surface area contributed by atoms with Gasteiger partial charge in [0, 0.05) is 11.7 Å². The highest BCUT2D eigenvalue weighted by molar-refractivity contribution is 8.13. The molecule has 0 unspecified atom stereocenters. The van der Waals surface area contributed by atoms with Gasteiger partial charge in [-0.05, 0) is 19.3 Å². The lowest BCUT2D eigenvalue weighted by Gasteiger charge is -2.19. The monoisotopic (exact) mass is 266 g/mol. The van der Waals surface area contributed by atoms with Crippen molar-refractivity contribution in [3.05, 3.63) is 0 Å². The Morgan fingerprint density at radius 3 is 2.44 bits per heavy atom. The molecule has 1 N–H and O–H groups in total. The Morgan fingerprint density at radius 1 is 1.25 bits per heavy atom. The van der Waals surface area contributed by atoms with Crippen molar-refractivity contribution in [2.24, 2.45) is 5.92 Å². The Bertz CT molecular complexity index is 318. The van der Waals surface area contributed by atoms with Gasteiger partial charge < -0.3 is 0 Å². The Labute approximate surface area is 101 Å². The van der Waals surface area contributed by atoms with Gasteiger partial charge in [-0.1, -0.05) is 31.0 Å². The summed E-state index contributed by atoms with van der Waals surface area (Å²) in [6.07, 6.45) is 5.76. The Morgan fingerprint density at radius 2 is 1.88 bits per heavy atom. The van der Waals surface area contributed by atoms with Crippen molar-refractivity contribution in [3.63, 3.8) is 0 Å². The van der Waals surface area contributed by atoms with Crippen molar-refractivity contribution >= 4 is 27.0 Å². The molecule has 0 saturated heterocycles. The molecule has 0 radical (unpaired) electrons. The predicted molar refractivity (Wildman–Crippen MR) is 65.1 cm³/mol. The van der Waals surface area contributed by atoms with E-state index < -0.39 is 10.1 Å². The fourth-order valence-electron chi connectivity index (χ4n) is 1.87. The van der Waals surface area contributed by atoms with Crippen molar-refractivity contribution in [1.82, 2.24) is 0 Å². The molecule has 0 spiro atoms. The Kier molecular flexibility index (Phi) is 5.78. The summed E-state index contributed by atoms with van der Waals surface area (Å²) in [7, 11) is -3.87. The van der Waals surface area contributed by atoms with Crippen molar-refractivity contribution in [1.29, 1.82) is 0 Å². The van der Waals surface area contributed by atoms with E-state index in [1.165, 1.54) is 18.2 Å². The zero-order valence-corrected chi connectivity index (χ0v) is 10.9. The first-order chi connectivity index (χ1) is 7.49. The molecule has 6 heteroatoms. The maximum absolute atomic E-state index is 11.7. The molecule has 0 aliphatic heterocycles. The molecule has 0 atom stereocenters. The van der Waals surface area contributed by atoms with E-state index in [0.29, 0.717) is 12.2 Å². The second-order valence-corrected chi connectivity index (χ2v) is 6.81. The summed E-state index contributed by atoms with van der Waals surface area (Å²) >= 11 is 1.21. The summed E-state index contributed by atoms with van der Waals surface area (Å²) in [6, 6.07) is 0. The molecule has 0 aromatic carbocycles. The van der Waals surface area contributed by atoms with Crippen LogP contribution >= 0.6 is 11.8 Å². The highest BCUT2D eigenvalue weighted by atomic mass is 32.2. The van der Waals surface area contributed by atoms with Gasteiger partial charge in [0.1, 0.15) is 0 Å². The third-order valence-corrected chi connectivity index (χ3v) is 4.64. The molecule has 0 aromatic heterocycles. The highest BCUT2D eigenvalue weighted by Gasteiger charge is 2.21. The number of carbonyl (C=O) groups excluding carboxylic acids is 1. The summed E-state index contributed by atoms with van der Waals surface area (Å²) in [4.78, 5) is 11.7. The van der Waals surface area contributed by atoms with E-state index >= 15 is 0 Å². The molecule has 0 bridgehead atoms. The topological polar surface area (TPSA) is 71.4 Å². The molecule has 1 aliphatic carbocycles. The van der Waals surface area contributed by atoms with E-state index in [4.69, 9.17) is 4.55 Å². The maximum Gasteiger partial charge on any atom is 0.264 e. The Hall–Kier alpha value is -0.0700. The quantitative estimate of drug-likeness (QED) is 0.609. The first kappa shape index (κ1) is 14.0. The summed E-state index contributed by atoms with van der Waals surface area (Å²) in [5.41, 5.74) is 0. The van der Waals surface area contributed by atoms with E-state index in [-0.39, 0.29) is 16.8 Å². The fourth-order valence-corrected chi connectivity index (χ4v) is 3.52. The minimum absolute atomic E-state index is 0.171. The van der Waals surface area contributed by atoms with Gasteiger partial charge in [0.2, 0.25) is 0 Å². The molecule has 1 rings (SSSR count). The highest BCUT2D eigenvalue weighted by Crippen LogP contribution is 2.28. The third-order valence-electron chi connectivity index (χ3n) is 2.73. The number of thioether (sulfide) groups is 1. The Balaban J connectivity index is 2.14. The van der Waals surface area contributed by atoms with Crippen LogP contribution in [-0.4, -0.2) is 29.6 Å². The van der Waals surface area contributed by atoms with Crippen LogP contribution in [0.5, 0.6) is 0 Å². The SMILES string of the molecule is O=C(SCCCS(=O)(=O)O)C1CCCCC1. The summed E-state index contributed by atoms with van der Waals surface area (Å²) < 4.78 is 29.4. The van der Waals surface area contributed by atoms with E-state index in [2.05, 4.69) is 0 Å². The maximum atomic E-state index is 11.7. The van der Waals surface area contributed by atoms with E-state index in [9.17, 15) is 13.2 Å². The van der Waals surface area contributed by atoms with Crippen LogP contribution in [0.1, 0.15) is 38.5 Å². The van der Waals surface area contributed by atoms with Crippen LogP contribution in [0.4, 0.5) is 0 Å². The second kappa shape index (κ2) is 6.61. The third kappa shape index (κ3) is 5.86. The predicted octanol–water partition coefficient (Wildman–Crippen LogP) is 2.10. The van der Waals surface area contributed by atoms with Crippen molar-refractivity contribution < 1.29 is 17.8 Å². The van der Waals surface area contributed by atoms with Gasteiger partial charge >= 0.3 is 0 Å². The molecule has 4 nitrogen and oxygen atoms in total. The van der Waals surface area contributed by atoms with Crippen LogP contribution in [0, 0.1) is 5.92 Å².